The Kier molecular flexibility index (Phi) is 3.82. The molecule has 8 heteroatoms. The molecule has 1 aromatic heterocycles. The lowest BCUT2D eigenvalue weighted by molar-refractivity contribution is 0.0940. The second-order valence-corrected chi connectivity index (χ2v) is 4.93. The molecule has 6 nitrogen and oxygen atoms in total. The Bertz CT molecular complexity index is 729. The molecule has 0 atom stereocenters. The molecule has 1 heterocycles. The van der Waals surface area contributed by atoms with Crippen LogP contribution < -0.4 is 22.2 Å². The van der Waals surface area contributed by atoms with E-state index in [1.165, 1.54) is 6.07 Å². The highest BCUT2D eigenvalue weighted by Gasteiger charge is 2.13. The van der Waals surface area contributed by atoms with Gasteiger partial charge in [-0.05, 0) is 36.5 Å². The Morgan fingerprint density at radius 2 is 2.05 bits per heavy atom. The largest absolute Gasteiger partial charge is 0.422 e. The minimum atomic E-state index is -0.739. The molecule has 1 aromatic carbocycles. The fourth-order valence-electron chi connectivity index (χ4n) is 1.44. The highest BCUT2D eigenvalue weighted by molar-refractivity contribution is 9.10. The van der Waals surface area contributed by atoms with Gasteiger partial charge in [0, 0.05) is 9.86 Å². The molecule has 19 heavy (non-hydrogen) atoms. The van der Waals surface area contributed by atoms with Gasteiger partial charge in [0.15, 0.2) is 5.11 Å². The Hall–Kier alpha value is -1.93. The van der Waals surface area contributed by atoms with Crippen LogP contribution in [0.15, 0.2) is 37.9 Å². The van der Waals surface area contributed by atoms with Gasteiger partial charge in [0.2, 0.25) is 0 Å². The number of nitrogens with one attached hydrogen (secondary N) is 2. The van der Waals surface area contributed by atoms with Gasteiger partial charge < -0.3 is 10.2 Å². The number of benzene rings is 1. The summed E-state index contributed by atoms with van der Waals surface area (Å²) in [6, 6.07) is 6.54. The van der Waals surface area contributed by atoms with Crippen LogP contribution in [-0.2, 0) is 0 Å². The maximum atomic E-state index is 11.7. The summed E-state index contributed by atoms with van der Waals surface area (Å²) < 4.78 is 5.85. The van der Waals surface area contributed by atoms with Crippen LogP contribution in [0.25, 0.3) is 11.0 Å². The molecule has 0 aliphatic rings. The van der Waals surface area contributed by atoms with Crippen molar-refractivity contribution in [2.24, 2.45) is 5.73 Å². The van der Waals surface area contributed by atoms with Crippen LogP contribution in [0.4, 0.5) is 0 Å². The molecule has 4 N–H and O–H groups in total. The number of hydrazine groups is 1. The van der Waals surface area contributed by atoms with E-state index in [0.29, 0.717) is 11.0 Å². The summed E-state index contributed by atoms with van der Waals surface area (Å²) >= 11 is 7.83. The van der Waals surface area contributed by atoms with E-state index in [1.54, 1.807) is 18.2 Å². The molecule has 0 fully saturated rings. The highest BCUT2D eigenvalue weighted by Crippen LogP contribution is 2.19. The van der Waals surface area contributed by atoms with Gasteiger partial charge in [0.05, 0.1) is 0 Å². The number of hydrogen-bond acceptors (Lipinski definition) is 4. The standard InChI is InChI=1S/C11H8BrN3O3S/c12-6-1-2-8-5(3-6)4-7(10(17)18-8)9(16)14-15-11(13)19/h1-4H,(H,14,16)(H3,13,15,19). The van der Waals surface area contributed by atoms with Crippen LogP contribution in [-0.4, -0.2) is 11.0 Å². The Morgan fingerprint density at radius 3 is 2.74 bits per heavy atom. The molecule has 0 aliphatic heterocycles. The summed E-state index contributed by atoms with van der Waals surface area (Å²) in [7, 11) is 0. The first-order valence-corrected chi connectivity index (χ1v) is 6.26. The van der Waals surface area contributed by atoms with Gasteiger partial charge >= 0.3 is 5.63 Å². The van der Waals surface area contributed by atoms with Crippen molar-refractivity contribution in [2.45, 2.75) is 0 Å². The summed E-state index contributed by atoms with van der Waals surface area (Å²) in [6.45, 7) is 0. The lowest BCUT2D eigenvalue weighted by Crippen LogP contribution is -2.45. The first kappa shape index (κ1) is 13.5. The second-order valence-electron chi connectivity index (χ2n) is 3.57. The maximum absolute atomic E-state index is 11.7. The zero-order valence-electron chi connectivity index (χ0n) is 9.40. The number of carbonyl (C=O) groups excluding carboxylic acids is 1. The predicted molar refractivity (Wildman–Crippen MR) is 77.6 cm³/mol. The van der Waals surface area contributed by atoms with Crippen molar-refractivity contribution < 1.29 is 9.21 Å². The molecular formula is C11H8BrN3O3S. The molecule has 0 saturated carbocycles. The summed E-state index contributed by atoms with van der Waals surface area (Å²) in [5.74, 6) is -0.677. The van der Waals surface area contributed by atoms with Gasteiger partial charge in [-0.2, -0.15) is 0 Å². The van der Waals surface area contributed by atoms with Crippen LogP contribution in [0.5, 0.6) is 0 Å². The fourth-order valence-corrected chi connectivity index (χ4v) is 1.87. The number of thiocarbonyl (C=S) groups is 1. The van der Waals surface area contributed by atoms with E-state index in [-0.39, 0.29) is 10.7 Å². The molecule has 0 spiro atoms. The van der Waals surface area contributed by atoms with Crippen molar-refractivity contribution in [3.63, 3.8) is 0 Å². The van der Waals surface area contributed by atoms with E-state index in [4.69, 9.17) is 10.2 Å². The van der Waals surface area contributed by atoms with E-state index in [9.17, 15) is 9.59 Å². The third-order valence-electron chi connectivity index (χ3n) is 2.24. The van der Waals surface area contributed by atoms with Crippen molar-refractivity contribution in [1.82, 2.24) is 10.9 Å². The van der Waals surface area contributed by atoms with Gasteiger partial charge in [-0.3, -0.25) is 15.6 Å². The average molecular weight is 342 g/mol. The van der Waals surface area contributed by atoms with E-state index in [1.807, 2.05) is 0 Å². The predicted octanol–water partition coefficient (Wildman–Crippen LogP) is 1.03. The minimum Gasteiger partial charge on any atom is -0.422 e. The summed E-state index contributed by atoms with van der Waals surface area (Å²) in [4.78, 5) is 23.4. The number of amides is 1. The quantitative estimate of drug-likeness (QED) is 0.407. The Balaban J connectivity index is 2.43. The van der Waals surface area contributed by atoms with Gasteiger partial charge in [0.25, 0.3) is 5.91 Å². The van der Waals surface area contributed by atoms with Crippen molar-refractivity contribution >= 4 is 50.1 Å². The Labute approximate surface area is 121 Å². The van der Waals surface area contributed by atoms with Crippen molar-refractivity contribution in [3.8, 4) is 0 Å². The SMILES string of the molecule is NC(=S)NNC(=O)c1cc2cc(Br)ccc2oc1=O. The topological polar surface area (TPSA) is 97.4 Å². The Morgan fingerprint density at radius 1 is 1.32 bits per heavy atom. The number of carbonyl (C=O) groups is 1. The zero-order chi connectivity index (χ0) is 14.0. The second kappa shape index (κ2) is 5.37. The smallest absolute Gasteiger partial charge is 0.349 e. The molecule has 98 valence electrons. The summed E-state index contributed by atoms with van der Waals surface area (Å²) in [5, 5.41) is 0.510. The number of hydrogen-bond donors (Lipinski definition) is 3. The molecule has 2 aromatic rings. The van der Waals surface area contributed by atoms with E-state index in [2.05, 4.69) is 39.0 Å². The zero-order valence-corrected chi connectivity index (χ0v) is 11.8. The third kappa shape index (κ3) is 3.09. The molecule has 0 radical (unpaired) electrons. The minimum absolute atomic E-state index is 0.110. The normalized spacial score (nSPS) is 10.2. The monoisotopic (exact) mass is 341 g/mol. The first-order valence-electron chi connectivity index (χ1n) is 5.06. The number of nitrogens with two attached hydrogens (primary N) is 1. The molecular weight excluding hydrogens is 334 g/mol. The molecule has 0 bridgehead atoms. The number of halogens is 1. The van der Waals surface area contributed by atoms with Crippen molar-refractivity contribution in [1.29, 1.82) is 0 Å². The van der Waals surface area contributed by atoms with Gasteiger partial charge in [-0.25, -0.2) is 4.79 Å². The summed E-state index contributed by atoms with van der Waals surface area (Å²) in [6.07, 6.45) is 0. The molecule has 0 aliphatic carbocycles. The summed E-state index contributed by atoms with van der Waals surface area (Å²) in [5.41, 5.74) is 9.12. The van der Waals surface area contributed by atoms with E-state index in [0.717, 1.165) is 4.47 Å². The van der Waals surface area contributed by atoms with Gasteiger partial charge in [0.1, 0.15) is 11.1 Å². The first-order chi connectivity index (χ1) is 8.97. The van der Waals surface area contributed by atoms with E-state index >= 15 is 0 Å². The molecule has 2 rings (SSSR count). The fraction of sp³-hybridized carbons (Fsp3) is 0. The number of rotatable bonds is 1. The van der Waals surface area contributed by atoms with Crippen LogP contribution in [0.1, 0.15) is 10.4 Å². The van der Waals surface area contributed by atoms with Gasteiger partial charge in [-0.1, -0.05) is 15.9 Å². The van der Waals surface area contributed by atoms with Crippen LogP contribution in [0.2, 0.25) is 0 Å². The van der Waals surface area contributed by atoms with Crippen LogP contribution >= 0.6 is 28.1 Å². The molecule has 1 amide bonds. The van der Waals surface area contributed by atoms with Crippen LogP contribution in [0.3, 0.4) is 0 Å². The highest BCUT2D eigenvalue weighted by atomic mass is 79.9. The average Bonchev–Trinajstić information content (AvgIpc) is 2.35. The molecule has 0 saturated heterocycles. The van der Waals surface area contributed by atoms with Gasteiger partial charge in [-0.15, -0.1) is 0 Å². The lowest BCUT2D eigenvalue weighted by atomic mass is 10.2. The molecule has 0 unspecified atom stereocenters. The van der Waals surface area contributed by atoms with Crippen molar-refractivity contribution in [3.05, 3.63) is 44.7 Å². The van der Waals surface area contributed by atoms with Crippen molar-refractivity contribution in [2.75, 3.05) is 0 Å². The van der Waals surface area contributed by atoms with E-state index < -0.39 is 11.5 Å². The lowest BCUT2D eigenvalue weighted by Gasteiger charge is -2.06. The number of fused-ring (bicyclic) bond motifs is 1. The van der Waals surface area contributed by atoms with Crippen LogP contribution in [0, 0.1) is 0 Å². The third-order valence-corrected chi connectivity index (χ3v) is 2.83. The maximum Gasteiger partial charge on any atom is 0.349 e.